The molecule has 3 aromatic rings. The Balaban J connectivity index is 1.87. The fourth-order valence-electron chi connectivity index (χ4n) is 2.39. The number of aryl methyl sites for hydroxylation is 2. The average Bonchev–Trinajstić information content (AvgIpc) is 2.99. The predicted octanol–water partition coefficient (Wildman–Crippen LogP) is 2.60. The maximum Gasteiger partial charge on any atom is 0.387 e. The molecule has 0 aliphatic carbocycles. The van der Waals surface area contributed by atoms with E-state index in [4.69, 9.17) is 4.74 Å². The van der Waals surface area contributed by atoms with Crippen LogP contribution in [-0.2, 0) is 0 Å². The van der Waals surface area contributed by atoms with Crippen molar-refractivity contribution in [3.8, 4) is 11.5 Å². The number of ether oxygens (including phenoxy) is 2. The second-order valence-corrected chi connectivity index (χ2v) is 5.38. The lowest BCUT2D eigenvalue weighted by molar-refractivity contribution is -0.0511. The van der Waals surface area contributed by atoms with E-state index in [2.05, 4.69) is 25.1 Å². The molecule has 3 rings (SSSR count). The number of carbonyl (C=O) groups excluding carboxylic acids is 1. The van der Waals surface area contributed by atoms with E-state index < -0.39 is 12.5 Å². The zero-order valence-corrected chi connectivity index (χ0v) is 14.2. The highest BCUT2D eigenvalue weighted by molar-refractivity contribution is 6.01. The molecule has 136 valence electrons. The van der Waals surface area contributed by atoms with E-state index in [0.717, 1.165) is 11.4 Å². The van der Waals surface area contributed by atoms with Crippen LogP contribution in [-0.4, -0.2) is 39.2 Å². The van der Waals surface area contributed by atoms with Gasteiger partial charge >= 0.3 is 6.61 Å². The van der Waals surface area contributed by atoms with Crippen molar-refractivity contribution in [2.24, 2.45) is 0 Å². The summed E-state index contributed by atoms with van der Waals surface area (Å²) in [6, 6.07) is 5.92. The summed E-state index contributed by atoms with van der Waals surface area (Å²) in [6.45, 7) is 0.603. The minimum atomic E-state index is -3.02. The van der Waals surface area contributed by atoms with Crippen LogP contribution in [0, 0.1) is 13.8 Å². The predicted molar refractivity (Wildman–Crippen MR) is 87.8 cm³/mol. The van der Waals surface area contributed by atoms with Crippen LogP contribution in [0.3, 0.4) is 0 Å². The largest absolute Gasteiger partial charge is 0.493 e. The molecule has 26 heavy (non-hydrogen) atoms. The smallest absolute Gasteiger partial charge is 0.387 e. The highest BCUT2D eigenvalue weighted by atomic mass is 19.3. The molecular weight excluding hydrogens is 348 g/mol. The zero-order valence-electron chi connectivity index (χ0n) is 14.2. The zero-order chi connectivity index (χ0) is 18.8. The van der Waals surface area contributed by atoms with E-state index >= 15 is 0 Å². The topological polar surface area (TPSA) is 90.6 Å². The number of alkyl halides is 2. The van der Waals surface area contributed by atoms with Gasteiger partial charge in [-0.05, 0) is 32.0 Å². The maximum atomic E-state index is 12.5. The van der Waals surface area contributed by atoms with Crippen molar-refractivity contribution in [3.05, 3.63) is 41.5 Å². The SMILES string of the molecule is COc1ccc(NC(=O)c2nc3nc(C)cc(C)n3n2)cc1OC(F)F. The van der Waals surface area contributed by atoms with Gasteiger partial charge in [-0.25, -0.2) is 9.50 Å². The quantitative estimate of drug-likeness (QED) is 0.749. The molecular formula is C16H15F2N5O3. The molecule has 2 aromatic heterocycles. The van der Waals surface area contributed by atoms with Crippen LogP contribution in [0.25, 0.3) is 5.78 Å². The molecule has 1 aromatic carbocycles. The van der Waals surface area contributed by atoms with Crippen molar-refractivity contribution in [1.29, 1.82) is 0 Å². The van der Waals surface area contributed by atoms with Gasteiger partial charge in [-0.3, -0.25) is 4.79 Å². The Kier molecular flexibility index (Phi) is 4.65. The molecule has 10 heteroatoms. The van der Waals surface area contributed by atoms with Crippen LogP contribution in [0.2, 0.25) is 0 Å². The number of rotatable bonds is 5. The van der Waals surface area contributed by atoms with E-state index in [1.807, 2.05) is 13.8 Å². The van der Waals surface area contributed by atoms with Crippen molar-refractivity contribution in [3.63, 3.8) is 0 Å². The van der Waals surface area contributed by atoms with E-state index in [-0.39, 0.29) is 23.0 Å². The van der Waals surface area contributed by atoms with Gasteiger partial charge in [0.2, 0.25) is 5.82 Å². The lowest BCUT2D eigenvalue weighted by atomic mass is 10.2. The third-order valence-electron chi connectivity index (χ3n) is 3.46. The fraction of sp³-hybridized carbons (Fsp3) is 0.250. The van der Waals surface area contributed by atoms with E-state index in [9.17, 15) is 13.6 Å². The summed E-state index contributed by atoms with van der Waals surface area (Å²) in [5, 5.41) is 6.64. The molecule has 0 aliphatic rings. The molecule has 0 atom stereocenters. The molecule has 2 heterocycles. The first-order chi connectivity index (χ1) is 12.4. The summed E-state index contributed by atoms with van der Waals surface area (Å²) < 4.78 is 35.8. The Morgan fingerprint density at radius 2 is 1.96 bits per heavy atom. The third kappa shape index (κ3) is 3.53. The molecule has 0 saturated heterocycles. The van der Waals surface area contributed by atoms with Gasteiger partial charge in [-0.2, -0.15) is 13.8 Å². The number of benzene rings is 1. The lowest BCUT2D eigenvalue weighted by Gasteiger charge is -2.11. The second kappa shape index (κ2) is 6.90. The molecule has 0 fully saturated rings. The van der Waals surface area contributed by atoms with Gasteiger partial charge in [-0.1, -0.05) is 0 Å². The Bertz CT molecular complexity index is 974. The number of nitrogens with zero attached hydrogens (tertiary/aromatic N) is 4. The molecule has 1 amide bonds. The number of nitrogens with one attached hydrogen (secondary N) is 1. The van der Waals surface area contributed by atoms with Crippen molar-refractivity contribution in [2.75, 3.05) is 12.4 Å². The van der Waals surface area contributed by atoms with Gasteiger partial charge in [0.25, 0.3) is 11.7 Å². The van der Waals surface area contributed by atoms with Crippen molar-refractivity contribution < 1.29 is 23.0 Å². The van der Waals surface area contributed by atoms with Gasteiger partial charge in [0.1, 0.15) is 0 Å². The number of aromatic nitrogens is 4. The molecule has 0 radical (unpaired) electrons. The number of hydrogen-bond acceptors (Lipinski definition) is 6. The van der Waals surface area contributed by atoms with Crippen molar-refractivity contribution >= 4 is 17.4 Å². The number of halogens is 2. The minimum Gasteiger partial charge on any atom is -0.493 e. The van der Waals surface area contributed by atoms with E-state index in [0.29, 0.717) is 5.78 Å². The van der Waals surface area contributed by atoms with Gasteiger partial charge in [0.05, 0.1) is 7.11 Å². The number of carbonyl (C=O) groups is 1. The monoisotopic (exact) mass is 363 g/mol. The summed E-state index contributed by atoms with van der Waals surface area (Å²) in [4.78, 5) is 20.7. The second-order valence-electron chi connectivity index (χ2n) is 5.38. The molecule has 1 N–H and O–H groups in total. The van der Waals surface area contributed by atoms with Crippen LogP contribution in [0.15, 0.2) is 24.3 Å². The first-order valence-electron chi connectivity index (χ1n) is 7.52. The number of fused-ring (bicyclic) bond motifs is 1. The van der Waals surface area contributed by atoms with Gasteiger partial charge in [0.15, 0.2) is 11.5 Å². The molecule has 0 unspecified atom stereocenters. The number of anilines is 1. The van der Waals surface area contributed by atoms with Crippen LogP contribution < -0.4 is 14.8 Å². The van der Waals surface area contributed by atoms with Crippen LogP contribution in [0.4, 0.5) is 14.5 Å². The van der Waals surface area contributed by atoms with Crippen molar-refractivity contribution in [2.45, 2.75) is 20.5 Å². The summed E-state index contributed by atoms with van der Waals surface area (Å²) in [5.74, 6) is -0.496. The first kappa shape index (κ1) is 17.5. The Morgan fingerprint density at radius 3 is 2.65 bits per heavy atom. The van der Waals surface area contributed by atoms with Gasteiger partial charge in [-0.15, -0.1) is 5.10 Å². The fourth-order valence-corrected chi connectivity index (χ4v) is 2.39. The molecule has 0 aliphatic heterocycles. The third-order valence-corrected chi connectivity index (χ3v) is 3.46. The highest BCUT2D eigenvalue weighted by Gasteiger charge is 2.17. The highest BCUT2D eigenvalue weighted by Crippen LogP contribution is 2.31. The van der Waals surface area contributed by atoms with Crippen molar-refractivity contribution in [1.82, 2.24) is 19.6 Å². The standard InChI is InChI=1S/C16H15F2N5O3/c1-8-6-9(2)23-16(19-8)21-13(22-23)14(24)20-10-4-5-11(25-3)12(7-10)26-15(17)18/h4-7,15H,1-3H3,(H,20,24). The maximum absolute atomic E-state index is 12.5. The first-order valence-corrected chi connectivity index (χ1v) is 7.52. The Labute approximate surface area is 146 Å². The van der Waals surface area contributed by atoms with Crippen LogP contribution in [0.1, 0.15) is 22.0 Å². The summed E-state index contributed by atoms with van der Waals surface area (Å²) >= 11 is 0. The summed E-state index contributed by atoms with van der Waals surface area (Å²) in [5.41, 5.74) is 1.75. The van der Waals surface area contributed by atoms with Gasteiger partial charge < -0.3 is 14.8 Å². The average molecular weight is 363 g/mol. The number of hydrogen-bond donors (Lipinski definition) is 1. The van der Waals surface area contributed by atoms with E-state index in [1.165, 1.54) is 29.8 Å². The van der Waals surface area contributed by atoms with E-state index in [1.54, 1.807) is 6.07 Å². The Hall–Kier alpha value is -3.30. The molecule has 0 saturated carbocycles. The molecule has 0 spiro atoms. The Morgan fingerprint density at radius 1 is 1.19 bits per heavy atom. The van der Waals surface area contributed by atoms with Crippen LogP contribution >= 0.6 is 0 Å². The minimum absolute atomic E-state index is 0.0988. The number of methoxy groups -OCH3 is 1. The lowest BCUT2D eigenvalue weighted by Crippen LogP contribution is -2.14. The van der Waals surface area contributed by atoms with Crippen LogP contribution in [0.5, 0.6) is 11.5 Å². The normalized spacial score (nSPS) is 11.0. The van der Waals surface area contributed by atoms with Gasteiger partial charge in [0, 0.05) is 23.1 Å². The summed E-state index contributed by atoms with van der Waals surface area (Å²) in [7, 11) is 1.32. The summed E-state index contributed by atoms with van der Waals surface area (Å²) in [6.07, 6.45) is 0. The molecule has 0 bridgehead atoms. The molecule has 8 nitrogen and oxygen atoms in total. The number of amides is 1.